The average Bonchev–Trinajstić information content (AvgIpc) is 2.54. The lowest BCUT2D eigenvalue weighted by atomic mass is 9.90. The van der Waals surface area contributed by atoms with Crippen molar-refractivity contribution in [2.45, 2.75) is 4.87 Å². The van der Waals surface area contributed by atoms with Crippen LogP contribution in [-0.4, -0.2) is 20.9 Å². The van der Waals surface area contributed by atoms with Crippen molar-refractivity contribution in [3.05, 3.63) is 79.9 Å². The van der Waals surface area contributed by atoms with Crippen LogP contribution in [-0.2, 0) is 9.67 Å². The topological polar surface area (TPSA) is 124 Å². The molecule has 0 unspecified atom stereocenters. The minimum Gasteiger partial charge on any atom is -0.479 e. The highest BCUT2D eigenvalue weighted by Gasteiger charge is 2.40. The highest BCUT2D eigenvalue weighted by molar-refractivity contribution is 6.35. The van der Waals surface area contributed by atoms with Crippen LogP contribution in [0.15, 0.2) is 48.5 Å². The molecule has 0 saturated carbocycles. The van der Waals surface area contributed by atoms with Gasteiger partial charge in [0.25, 0.3) is 11.4 Å². The first kappa shape index (κ1) is 16.4. The van der Waals surface area contributed by atoms with Gasteiger partial charge in [0.15, 0.2) is 4.87 Å². The molecule has 0 heterocycles. The lowest BCUT2D eigenvalue weighted by molar-refractivity contribution is -0.385. The van der Waals surface area contributed by atoms with E-state index in [-0.39, 0.29) is 22.5 Å². The summed E-state index contributed by atoms with van der Waals surface area (Å²) in [5.74, 6) is -1.40. The van der Waals surface area contributed by atoms with Gasteiger partial charge in [0.2, 0.25) is 0 Å². The summed E-state index contributed by atoms with van der Waals surface area (Å²) in [7, 11) is 0. The van der Waals surface area contributed by atoms with Crippen molar-refractivity contribution in [1.82, 2.24) is 0 Å². The molecule has 0 fully saturated rings. The summed E-state index contributed by atoms with van der Waals surface area (Å²) in [6.07, 6.45) is 0. The Labute approximate surface area is 134 Å². The minimum absolute atomic E-state index is 0.103. The third kappa shape index (κ3) is 2.97. The molecule has 9 heteroatoms. The van der Waals surface area contributed by atoms with Crippen molar-refractivity contribution in [2.24, 2.45) is 0 Å². The van der Waals surface area contributed by atoms with Crippen molar-refractivity contribution >= 4 is 28.9 Å². The number of hydrogen-bond acceptors (Lipinski definition) is 5. The maximum absolute atomic E-state index is 11.7. The number of alkyl halides is 1. The highest BCUT2D eigenvalue weighted by atomic mass is 35.5. The van der Waals surface area contributed by atoms with Gasteiger partial charge in [-0.2, -0.15) is 0 Å². The van der Waals surface area contributed by atoms with Crippen LogP contribution in [0.3, 0.4) is 0 Å². The third-order valence-electron chi connectivity index (χ3n) is 3.25. The monoisotopic (exact) mass is 336 g/mol. The van der Waals surface area contributed by atoms with Gasteiger partial charge in [-0.25, -0.2) is 4.79 Å². The zero-order chi connectivity index (χ0) is 17.2. The first-order valence-electron chi connectivity index (χ1n) is 6.19. The standard InChI is InChI=1S/C14H9ClN2O6/c15-14(13(18)19,9-1-5-11(6-2-9)16(20)21)10-3-7-12(8-4-10)17(22)23/h1-8H,(H,18,19). The average molecular weight is 337 g/mol. The summed E-state index contributed by atoms with van der Waals surface area (Å²) in [6, 6.07) is 9.51. The van der Waals surface area contributed by atoms with Crippen LogP contribution < -0.4 is 0 Å². The lowest BCUT2D eigenvalue weighted by Gasteiger charge is -2.23. The number of carboxylic acid groups (broad SMARTS) is 1. The summed E-state index contributed by atoms with van der Waals surface area (Å²) in [6.45, 7) is 0. The highest BCUT2D eigenvalue weighted by Crippen LogP contribution is 2.38. The zero-order valence-corrected chi connectivity index (χ0v) is 12.1. The van der Waals surface area contributed by atoms with E-state index in [1.54, 1.807) is 0 Å². The van der Waals surface area contributed by atoms with E-state index in [2.05, 4.69) is 0 Å². The van der Waals surface area contributed by atoms with Gasteiger partial charge in [0.1, 0.15) is 0 Å². The summed E-state index contributed by atoms with van der Waals surface area (Å²) >= 11 is 6.25. The molecule has 2 aromatic rings. The third-order valence-corrected chi connectivity index (χ3v) is 3.84. The van der Waals surface area contributed by atoms with Crippen LogP contribution in [0.2, 0.25) is 0 Å². The Kier molecular flexibility index (Phi) is 4.28. The van der Waals surface area contributed by atoms with Gasteiger partial charge >= 0.3 is 5.97 Å². The second-order valence-electron chi connectivity index (χ2n) is 4.57. The largest absolute Gasteiger partial charge is 0.479 e. The molecule has 23 heavy (non-hydrogen) atoms. The summed E-state index contributed by atoms with van der Waals surface area (Å²) < 4.78 is 0. The van der Waals surface area contributed by atoms with Gasteiger partial charge in [0.05, 0.1) is 9.85 Å². The number of carboxylic acids is 1. The summed E-state index contributed by atoms with van der Waals surface area (Å²) in [4.78, 5) is 29.7. The van der Waals surface area contributed by atoms with Crippen LogP contribution in [0.4, 0.5) is 11.4 Å². The number of benzene rings is 2. The predicted octanol–water partition coefficient (Wildman–Crippen LogP) is 3.07. The van der Waals surface area contributed by atoms with E-state index in [1.807, 2.05) is 0 Å². The second-order valence-corrected chi connectivity index (χ2v) is 5.14. The SMILES string of the molecule is O=C(O)C(Cl)(c1ccc([N+](=O)[O-])cc1)c1ccc([N+](=O)[O-])cc1. The molecule has 0 amide bonds. The molecule has 0 aliphatic carbocycles. The number of halogens is 1. The van der Waals surface area contributed by atoms with Gasteiger partial charge in [-0.05, 0) is 35.4 Å². The Morgan fingerprint density at radius 1 is 0.870 bits per heavy atom. The summed E-state index contributed by atoms with van der Waals surface area (Å²) in [5.41, 5.74) is -0.207. The lowest BCUT2D eigenvalue weighted by Crippen LogP contribution is -2.31. The van der Waals surface area contributed by atoms with Gasteiger partial charge < -0.3 is 5.11 Å². The first-order valence-corrected chi connectivity index (χ1v) is 6.56. The number of nitrogens with zero attached hydrogens (tertiary/aromatic N) is 2. The van der Waals surface area contributed by atoms with E-state index in [0.29, 0.717) is 0 Å². The molecule has 0 aromatic heterocycles. The fraction of sp³-hybridized carbons (Fsp3) is 0.0714. The Morgan fingerprint density at radius 2 is 1.17 bits per heavy atom. The van der Waals surface area contributed by atoms with E-state index in [0.717, 1.165) is 24.3 Å². The summed E-state index contributed by atoms with van der Waals surface area (Å²) in [5, 5.41) is 30.8. The number of non-ortho nitro benzene ring substituents is 2. The number of nitro groups is 2. The van der Waals surface area contributed by atoms with E-state index < -0.39 is 20.7 Å². The fourth-order valence-corrected chi connectivity index (χ4v) is 2.29. The smallest absolute Gasteiger partial charge is 0.334 e. The molecule has 0 aliphatic heterocycles. The number of hydrogen-bond donors (Lipinski definition) is 1. The van der Waals surface area contributed by atoms with Gasteiger partial charge in [-0.3, -0.25) is 20.2 Å². The van der Waals surface area contributed by atoms with Crippen LogP contribution in [0.1, 0.15) is 11.1 Å². The van der Waals surface area contributed by atoms with Crippen LogP contribution in [0, 0.1) is 20.2 Å². The molecule has 8 nitrogen and oxygen atoms in total. The van der Waals surface area contributed by atoms with Crippen molar-refractivity contribution in [3.8, 4) is 0 Å². The molecule has 0 atom stereocenters. The molecule has 0 saturated heterocycles. The molecule has 118 valence electrons. The molecule has 2 aromatic carbocycles. The number of rotatable bonds is 5. The number of aliphatic carboxylic acids is 1. The Balaban J connectivity index is 2.52. The molecular formula is C14H9ClN2O6. The Bertz CT molecular complexity index is 715. The predicted molar refractivity (Wildman–Crippen MR) is 80.5 cm³/mol. The molecule has 0 radical (unpaired) electrons. The van der Waals surface area contributed by atoms with Crippen molar-refractivity contribution < 1.29 is 19.7 Å². The van der Waals surface area contributed by atoms with E-state index >= 15 is 0 Å². The number of nitro benzene ring substituents is 2. The van der Waals surface area contributed by atoms with Crippen molar-refractivity contribution in [2.75, 3.05) is 0 Å². The van der Waals surface area contributed by atoms with E-state index in [1.165, 1.54) is 24.3 Å². The van der Waals surface area contributed by atoms with Crippen molar-refractivity contribution in [3.63, 3.8) is 0 Å². The van der Waals surface area contributed by atoms with Crippen LogP contribution in [0.25, 0.3) is 0 Å². The molecule has 1 N–H and O–H groups in total. The zero-order valence-electron chi connectivity index (χ0n) is 11.4. The number of carbonyl (C=O) groups is 1. The van der Waals surface area contributed by atoms with E-state index in [9.17, 15) is 30.1 Å². The fourth-order valence-electron chi connectivity index (χ4n) is 2.04. The molecular weight excluding hydrogens is 328 g/mol. The van der Waals surface area contributed by atoms with Crippen LogP contribution in [0.5, 0.6) is 0 Å². The van der Waals surface area contributed by atoms with Crippen molar-refractivity contribution in [1.29, 1.82) is 0 Å². The van der Waals surface area contributed by atoms with Crippen LogP contribution >= 0.6 is 11.6 Å². The molecule has 0 bridgehead atoms. The minimum atomic E-state index is -2.01. The van der Waals surface area contributed by atoms with E-state index in [4.69, 9.17) is 11.6 Å². The Morgan fingerprint density at radius 3 is 1.39 bits per heavy atom. The normalized spacial score (nSPS) is 11.0. The maximum atomic E-state index is 11.7. The molecule has 0 spiro atoms. The van der Waals surface area contributed by atoms with Gasteiger partial charge in [-0.1, -0.05) is 11.6 Å². The maximum Gasteiger partial charge on any atom is 0.334 e. The molecule has 2 rings (SSSR count). The Hall–Kier alpha value is -3.00. The first-order chi connectivity index (χ1) is 10.8. The van der Waals surface area contributed by atoms with Gasteiger partial charge in [0, 0.05) is 24.3 Å². The molecule has 0 aliphatic rings. The van der Waals surface area contributed by atoms with Gasteiger partial charge in [-0.15, -0.1) is 0 Å². The quantitative estimate of drug-likeness (QED) is 0.508. The second kappa shape index (κ2) is 6.01.